The van der Waals surface area contributed by atoms with Crippen LogP contribution in [0.4, 0.5) is 15.9 Å². The molecule has 2 aromatic carbocycles. The van der Waals surface area contributed by atoms with Crippen LogP contribution in [0.25, 0.3) is 16.7 Å². The lowest BCUT2D eigenvalue weighted by Gasteiger charge is -2.30. The normalized spacial score (nSPS) is 15.1. The summed E-state index contributed by atoms with van der Waals surface area (Å²) in [5.74, 6) is 0.894. The zero-order valence-electron chi connectivity index (χ0n) is 18.1. The second kappa shape index (κ2) is 8.09. The van der Waals surface area contributed by atoms with Crippen LogP contribution in [-0.2, 0) is 0 Å². The van der Waals surface area contributed by atoms with Crippen LogP contribution in [0.15, 0.2) is 42.7 Å². The van der Waals surface area contributed by atoms with Gasteiger partial charge in [0.05, 0.1) is 28.9 Å². The van der Waals surface area contributed by atoms with E-state index >= 15 is 4.39 Å². The lowest BCUT2D eigenvalue weighted by molar-refractivity contribution is 0.567. The molecule has 8 heteroatoms. The highest BCUT2D eigenvalue weighted by molar-refractivity contribution is 5.94. The van der Waals surface area contributed by atoms with Crippen molar-refractivity contribution in [1.29, 1.82) is 5.26 Å². The summed E-state index contributed by atoms with van der Waals surface area (Å²) in [6.45, 7) is 7.14. The summed E-state index contributed by atoms with van der Waals surface area (Å²) in [7, 11) is 0. The third-order valence-electron chi connectivity index (χ3n) is 6.19. The average Bonchev–Trinajstić information content (AvgIpc) is 3.28. The maximum Gasteiger partial charge on any atom is 0.236 e. The van der Waals surface area contributed by atoms with E-state index in [-0.39, 0.29) is 11.9 Å². The number of fused-ring (bicyclic) bond motifs is 3. The maximum atomic E-state index is 15.2. The molecular formula is C24H24FN7. The topological polar surface area (TPSA) is 81.3 Å². The third-order valence-corrected chi connectivity index (χ3v) is 6.19. The predicted molar refractivity (Wildman–Crippen MR) is 123 cm³/mol. The van der Waals surface area contributed by atoms with Gasteiger partial charge in [-0.15, -0.1) is 0 Å². The molecule has 1 atom stereocenters. The van der Waals surface area contributed by atoms with Crippen molar-refractivity contribution in [2.24, 2.45) is 0 Å². The minimum atomic E-state index is -0.253. The molecule has 0 aliphatic carbocycles. The molecule has 162 valence electrons. The number of nitrogens with zero attached hydrogens (tertiary/aromatic N) is 5. The number of aromatic nitrogens is 3. The van der Waals surface area contributed by atoms with Crippen molar-refractivity contribution in [2.45, 2.75) is 19.9 Å². The Morgan fingerprint density at radius 2 is 2.06 bits per heavy atom. The van der Waals surface area contributed by atoms with Crippen molar-refractivity contribution in [2.75, 3.05) is 36.4 Å². The van der Waals surface area contributed by atoms with Crippen LogP contribution in [0.1, 0.15) is 29.7 Å². The zero-order valence-corrected chi connectivity index (χ0v) is 18.1. The first-order valence-corrected chi connectivity index (χ1v) is 10.7. The number of nitrogens with one attached hydrogen (secondary N) is 2. The van der Waals surface area contributed by atoms with Crippen molar-refractivity contribution in [3.05, 3.63) is 65.2 Å². The van der Waals surface area contributed by atoms with Gasteiger partial charge in [-0.25, -0.2) is 9.37 Å². The van der Waals surface area contributed by atoms with E-state index in [2.05, 4.69) is 26.6 Å². The number of piperazine rings is 1. The number of hydrogen-bond acceptors (Lipinski definition) is 6. The number of halogens is 1. The standard InChI is InChI=1S/C24H24FN7/c1-15-17(14-26)4-3-5-18(15)16(2)29-23-19-12-22(31-9-6-27-7-10-31)20(25)13-21(19)32-11-8-28-24(32)30-23/h3-5,8,11-13,16,27H,6-7,9-10H2,1-2H3,(H,28,29,30). The van der Waals surface area contributed by atoms with E-state index in [1.165, 1.54) is 0 Å². The van der Waals surface area contributed by atoms with Crippen molar-refractivity contribution < 1.29 is 4.39 Å². The second-order valence-electron chi connectivity index (χ2n) is 8.11. The van der Waals surface area contributed by atoms with Crippen LogP contribution >= 0.6 is 0 Å². The molecule has 1 aliphatic rings. The molecule has 4 aromatic rings. The van der Waals surface area contributed by atoms with E-state index in [1.807, 2.05) is 38.1 Å². The second-order valence-corrected chi connectivity index (χ2v) is 8.11. The van der Waals surface area contributed by atoms with Crippen LogP contribution in [0, 0.1) is 24.1 Å². The van der Waals surface area contributed by atoms with E-state index in [0.717, 1.165) is 42.7 Å². The summed E-state index contributed by atoms with van der Waals surface area (Å²) >= 11 is 0. The number of benzene rings is 2. The number of imidazole rings is 1. The highest BCUT2D eigenvalue weighted by Gasteiger charge is 2.20. The molecular weight excluding hydrogens is 405 g/mol. The molecule has 1 unspecified atom stereocenters. The zero-order chi connectivity index (χ0) is 22.2. The van der Waals surface area contributed by atoms with Crippen molar-refractivity contribution in [1.82, 2.24) is 19.7 Å². The summed E-state index contributed by atoms with van der Waals surface area (Å²) in [6.07, 6.45) is 3.46. The van der Waals surface area contributed by atoms with E-state index in [4.69, 9.17) is 4.98 Å². The summed E-state index contributed by atoms with van der Waals surface area (Å²) in [5, 5.41) is 17.0. The lowest BCUT2D eigenvalue weighted by atomic mass is 9.98. The SMILES string of the molecule is Cc1c(C#N)cccc1C(C)Nc1nc2nccn2c2cc(F)c(N3CCNCC3)cc12. The van der Waals surface area contributed by atoms with Gasteiger partial charge in [-0.1, -0.05) is 12.1 Å². The Labute approximate surface area is 185 Å². The molecule has 1 aliphatic heterocycles. The first kappa shape index (κ1) is 20.2. The Morgan fingerprint density at radius 3 is 2.84 bits per heavy atom. The molecule has 0 bridgehead atoms. The minimum Gasteiger partial charge on any atom is -0.367 e. The quantitative estimate of drug-likeness (QED) is 0.514. The lowest BCUT2D eigenvalue weighted by Crippen LogP contribution is -2.43. The Kier molecular flexibility index (Phi) is 5.11. The first-order valence-electron chi connectivity index (χ1n) is 10.7. The molecule has 0 radical (unpaired) electrons. The van der Waals surface area contributed by atoms with Gasteiger partial charge in [0.25, 0.3) is 0 Å². The Bertz CT molecular complexity index is 1350. The molecule has 2 N–H and O–H groups in total. The number of nitriles is 1. The number of anilines is 2. The summed E-state index contributed by atoms with van der Waals surface area (Å²) in [5.41, 5.74) is 3.90. The Balaban J connectivity index is 1.63. The molecule has 32 heavy (non-hydrogen) atoms. The van der Waals surface area contributed by atoms with E-state index in [9.17, 15) is 5.26 Å². The van der Waals surface area contributed by atoms with Crippen LogP contribution < -0.4 is 15.5 Å². The van der Waals surface area contributed by atoms with Crippen LogP contribution in [-0.4, -0.2) is 40.5 Å². The molecule has 1 saturated heterocycles. The van der Waals surface area contributed by atoms with Gasteiger partial charge in [-0.3, -0.25) is 4.40 Å². The average molecular weight is 430 g/mol. The Morgan fingerprint density at radius 1 is 1.25 bits per heavy atom. The monoisotopic (exact) mass is 429 g/mol. The van der Waals surface area contributed by atoms with Crippen molar-refractivity contribution in [3.8, 4) is 6.07 Å². The summed E-state index contributed by atoms with van der Waals surface area (Å²) in [4.78, 5) is 11.1. The van der Waals surface area contributed by atoms with Crippen LogP contribution in [0.3, 0.4) is 0 Å². The van der Waals surface area contributed by atoms with Crippen molar-refractivity contribution in [3.63, 3.8) is 0 Å². The molecule has 0 amide bonds. The Hall–Kier alpha value is -3.70. The van der Waals surface area contributed by atoms with E-state index < -0.39 is 0 Å². The van der Waals surface area contributed by atoms with E-state index in [1.54, 1.807) is 22.9 Å². The molecule has 0 spiro atoms. The fourth-order valence-corrected chi connectivity index (χ4v) is 4.45. The fourth-order valence-electron chi connectivity index (χ4n) is 4.45. The largest absolute Gasteiger partial charge is 0.367 e. The number of hydrogen-bond donors (Lipinski definition) is 2. The minimum absolute atomic E-state index is 0.107. The third kappa shape index (κ3) is 3.41. The first-order chi connectivity index (χ1) is 15.6. The highest BCUT2D eigenvalue weighted by atomic mass is 19.1. The maximum absolute atomic E-state index is 15.2. The molecule has 1 fully saturated rings. The summed E-state index contributed by atoms with van der Waals surface area (Å²) < 4.78 is 17.0. The van der Waals surface area contributed by atoms with Gasteiger partial charge in [0.2, 0.25) is 5.78 Å². The highest BCUT2D eigenvalue weighted by Crippen LogP contribution is 2.33. The molecule has 0 saturated carbocycles. The van der Waals surface area contributed by atoms with Crippen LogP contribution in [0.2, 0.25) is 0 Å². The molecule has 3 heterocycles. The van der Waals surface area contributed by atoms with Crippen molar-refractivity contribution >= 4 is 28.2 Å². The molecule has 7 nitrogen and oxygen atoms in total. The van der Waals surface area contributed by atoms with Gasteiger partial charge >= 0.3 is 0 Å². The molecule has 2 aromatic heterocycles. The predicted octanol–water partition coefficient (Wildman–Crippen LogP) is 3.78. The van der Waals surface area contributed by atoms with Gasteiger partial charge < -0.3 is 15.5 Å². The van der Waals surface area contributed by atoms with Gasteiger partial charge in [-0.2, -0.15) is 10.2 Å². The van der Waals surface area contributed by atoms with Gasteiger partial charge in [0.15, 0.2) is 0 Å². The number of rotatable bonds is 4. The fraction of sp³-hybridized carbons (Fsp3) is 0.292. The molecule has 5 rings (SSSR count). The smallest absolute Gasteiger partial charge is 0.236 e. The van der Waals surface area contributed by atoms with Crippen LogP contribution in [0.5, 0.6) is 0 Å². The van der Waals surface area contributed by atoms with Gasteiger partial charge in [0.1, 0.15) is 11.6 Å². The van der Waals surface area contributed by atoms with E-state index in [0.29, 0.717) is 28.4 Å². The van der Waals surface area contributed by atoms with Gasteiger partial charge in [-0.05, 0) is 37.1 Å². The summed E-state index contributed by atoms with van der Waals surface area (Å²) in [6, 6.07) is 11.3. The van der Waals surface area contributed by atoms with Gasteiger partial charge in [0, 0.05) is 50.0 Å².